The molecule has 2 nitrogen and oxygen atoms in total. The summed E-state index contributed by atoms with van der Waals surface area (Å²) in [6, 6.07) is 45.8. The first kappa shape index (κ1) is 27.4. The lowest BCUT2D eigenvalue weighted by molar-refractivity contribution is 0.224. The maximum Gasteiger partial charge on any atom is 0.0848 e. The molecule has 4 aromatic carbocycles. The molecule has 1 heterocycles. The van der Waals surface area contributed by atoms with Gasteiger partial charge in [0.05, 0.1) is 5.54 Å². The van der Waals surface area contributed by atoms with Crippen molar-refractivity contribution < 1.29 is 0 Å². The van der Waals surface area contributed by atoms with E-state index >= 15 is 0 Å². The van der Waals surface area contributed by atoms with E-state index in [1.165, 1.54) is 53.8 Å². The highest BCUT2D eigenvalue weighted by Gasteiger charge is 2.51. The minimum absolute atomic E-state index is 0.201. The molecule has 206 valence electrons. The molecule has 4 atom stereocenters. The molecule has 2 unspecified atom stereocenters. The summed E-state index contributed by atoms with van der Waals surface area (Å²) >= 11 is 0. The lowest BCUT2D eigenvalue weighted by atomic mass is 9.74. The molecular formula is C37H43N2P. The smallest absolute Gasteiger partial charge is 0.0848 e. The molecule has 4 aromatic rings. The van der Waals surface area contributed by atoms with Crippen LogP contribution in [0.2, 0.25) is 0 Å². The van der Waals surface area contributed by atoms with Gasteiger partial charge in [0.15, 0.2) is 0 Å². The van der Waals surface area contributed by atoms with E-state index in [0.717, 1.165) is 6.54 Å². The molecule has 0 aromatic heterocycles. The van der Waals surface area contributed by atoms with Crippen LogP contribution in [0.3, 0.4) is 0 Å². The SMILES string of the molecule is C[C@@H](NC(c1ccccc1)(c1ccccc1)C1CCCN1)[C@@H]1CCCC1(C)P(c1ccccc1)c1ccccc1. The van der Waals surface area contributed by atoms with E-state index in [2.05, 4.69) is 146 Å². The summed E-state index contributed by atoms with van der Waals surface area (Å²) in [6.07, 6.45) is 6.21. The van der Waals surface area contributed by atoms with Gasteiger partial charge in [-0.1, -0.05) is 135 Å². The van der Waals surface area contributed by atoms with Gasteiger partial charge >= 0.3 is 0 Å². The highest BCUT2D eigenvalue weighted by atomic mass is 31.1. The molecule has 0 amide bonds. The quantitative estimate of drug-likeness (QED) is 0.215. The van der Waals surface area contributed by atoms with Crippen molar-refractivity contribution in [3.8, 4) is 0 Å². The van der Waals surface area contributed by atoms with Gasteiger partial charge in [0, 0.05) is 17.2 Å². The third-order valence-electron chi connectivity index (χ3n) is 9.64. The van der Waals surface area contributed by atoms with E-state index in [-0.39, 0.29) is 10.7 Å². The summed E-state index contributed by atoms with van der Waals surface area (Å²) in [5.41, 5.74) is 2.44. The van der Waals surface area contributed by atoms with Gasteiger partial charge in [0.25, 0.3) is 0 Å². The summed E-state index contributed by atoms with van der Waals surface area (Å²) in [6.45, 7) is 6.17. The summed E-state index contributed by atoms with van der Waals surface area (Å²) in [5.74, 6) is 0.562. The van der Waals surface area contributed by atoms with Crippen molar-refractivity contribution in [2.45, 2.75) is 68.7 Å². The second kappa shape index (κ2) is 12.0. The fourth-order valence-electron chi connectivity index (χ4n) is 7.89. The maximum absolute atomic E-state index is 4.41. The lowest BCUT2D eigenvalue weighted by Crippen LogP contribution is -2.61. The van der Waals surface area contributed by atoms with Crippen LogP contribution in [0.25, 0.3) is 0 Å². The Morgan fingerprint density at radius 1 is 0.725 bits per heavy atom. The van der Waals surface area contributed by atoms with Gasteiger partial charge in [0.1, 0.15) is 0 Å². The molecule has 0 radical (unpaired) electrons. The Morgan fingerprint density at radius 2 is 1.23 bits per heavy atom. The van der Waals surface area contributed by atoms with Crippen molar-refractivity contribution in [1.82, 2.24) is 10.6 Å². The molecule has 0 bridgehead atoms. The van der Waals surface area contributed by atoms with Crippen molar-refractivity contribution in [1.29, 1.82) is 0 Å². The van der Waals surface area contributed by atoms with Gasteiger partial charge in [-0.3, -0.25) is 5.32 Å². The molecular weight excluding hydrogens is 503 g/mol. The predicted octanol–water partition coefficient (Wildman–Crippen LogP) is 7.35. The van der Waals surface area contributed by atoms with E-state index in [9.17, 15) is 0 Å². The third kappa shape index (κ3) is 5.07. The van der Waals surface area contributed by atoms with Crippen LogP contribution < -0.4 is 21.2 Å². The van der Waals surface area contributed by atoms with Crippen LogP contribution in [0.4, 0.5) is 0 Å². The first-order valence-electron chi connectivity index (χ1n) is 15.2. The Morgan fingerprint density at radius 3 is 1.70 bits per heavy atom. The highest BCUT2D eigenvalue weighted by Crippen LogP contribution is 2.60. The number of hydrogen-bond acceptors (Lipinski definition) is 2. The Labute approximate surface area is 242 Å². The Hall–Kier alpha value is -2.77. The Balaban J connectivity index is 1.43. The average Bonchev–Trinajstić information content (AvgIpc) is 3.69. The van der Waals surface area contributed by atoms with Gasteiger partial charge < -0.3 is 5.32 Å². The fraction of sp³-hybridized carbons (Fsp3) is 0.351. The van der Waals surface area contributed by atoms with Gasteiger partial charge in [-0.25, -0.2) is 0 Å². The Kier molecular flexibility index (Phi) is 8.22. The summed E-state index contributed by atoms with van der Waals surface area (Å²) in [4.78, 5) is 0. The fourth-order valence-corrected chi connectivity index (χ4v) is 11.4. The molecule has 40 heavy (non-hydrogen) atoms. The van der Waals surface area contributed by atoms with Crippen LogP contribution in [-0.2, 0) is 5.54 Å². The normalized spacial score (nSPS) is 23.9. The van der Waals surface area contributed by atoms with Crippen molar-refractivity contribution >= 4 is 18.5 Å². The molecule has 3 heteroatoms. The lowest BCUT2D eigenvalue weighted by Gasteiger charge is -2.48. The zero-order chi connectivity index (χ0) is 27.4. The van der Waals surface area contributed by atoms with Gasteiger partial charge in [-0.2, -0.15) is 0 Å². The van der Waals surface area contributed by atoms with Crippen LogP contribution in [0.5, 0.6) is 0 Å². The first-order chi connectivity index (χ1) is 19.6. The van der Waals surface area contributed by atoms with Crippen LogP contribution in [0.1, 0.15) is 57.1 Å². The topological polar surface area (TPSA) is 24.1 Å². The van der Waals surface area contributed by atoms with Crippen molar-refractivity contribution in [2.24, 2.45) is 5.92 Å². The summed E-state index contributed by atoms with van der Waals surface area (Å²) in [5, 5.41) is 11.5. The minimum atomic E-state index is -0.522. The van der Waals surface area contributed by atoms with Crippen molar-refractivity contribution in [3.05, 3.63) is 132 Å². The van der Waals surface area contributed by atoms with Crippen LogP contribution in [0, 0.1) is 5.92 Å². The van der Waals surface area contributed by atoms with E-state index in [1.54, 1.807) is 0 Å². The monoisotopic (exact) mass is 546 g/mol. The van der Waals surface area contributed by atoms with Crippen LogP contribution in [-0.4, -0.2) is 23.8 Å². The largest absolute Gasteiger partial charge is 0.311 e. The van der Waals surface area contributed by atoms with E-state index in [1.807, 2.05) is 0 Å². The van der Waals surface area contributed by atoms with E-state index in [0.29, 0.717) is 18.0 Å². The second-order valence-electron chi connectivity index (χ2n) is 12.0. The van der Waals surface area contributed by atoms with Crippen molar-refractivity contribution in [3.63, 3.8) is 0 Å². The molecule has 1 saturated heterocycles. The zero-order valence-electron chi connectivity index (χ0n) is 24.0. The summed E-state index contributed by atoms with van der Waals surface area (Å²) < 4.78 is 0. The van der Waals surface area contributed by atoms with Gasteiger partial charge in [0.2, 0.25) is 0 Å². The third-order valence-corrected chi connectivity index (χ3v) is 12.8. The molecule has 1 aliphatic heterocycles. The highest BCUT2D eigenvalue weighted by molar-refractivity contribution is 7.74. The summed E-state index contributed by atoms with van der Waals surface area (Å²) in [7, 11) is -0.522. The minimum Gasteiger partial charge on any atom is -0.311 e. The molecule has 2 N–H and O–H groups in total. The Bertz CT molecular complexity index is 1260. The molecule has 1 aliphatic carbocycles. The predicted molar refractivity (Wildman–Crippen MR) is 172 cm³/mol. The molecule has 2 aliphatic rings. The maximum atomic E-state index is 4.41. The number of rotatable bonds is 9. The molecule has 2 fully saturated rings. The van der Waals surface area contributed by atoms with Crippen LogP contribution >= 0.6 is 7.92 Å². The first-order valence-corrected chi connectivity index (χ1v) is 16.5. The zero-order valence-corrected chi connectivity index (χ0v) is 24.9. The molecule has 0 spiro atoms. The van der Waals surface area contributed by atoms with Gasteiger partial charge in [-0.05, 0) is 74.7 Å². The van der Waals surface area contributed by atoms with E-state index in [4.69, 9.17) is 0 Å². The number of hydrogen-bond donors (Lipinski definition) is 2. The number of nitrogens with one attached hydrogen (secondary N) is 2. The van der Waals surface area contributed by atoms with Gasteiger partial charge in [-0.15, -0.1) is 0 Å². The number of benzene rings is 4. The molecule has 1 saturated carbocycles. The molecule has 6 rings (SSSR count). The van der Waals surface area contributed by atoms with E-state index < -0.39 is 7.92 Å². The second-order valence-corrected chi connectivity index (χ2v) is 14.7. The average molecular weight is 547 g/mol. The standard InChI is InChI=1S/C37H43N2P/c1-29(34-25-15-27-36(34,2)40(32-21-11-5-12-22-32)33-23-13-6-14-24-33)39-37(35-26-16-28-38-35,30-17-7-3-8-18-30)31-19-9-4-10-20-31/h3-14,17-24,29,34-35,38-39H,15-16,25-28H2,1-2H3/t29-,34+,35?,36?/m1/s1. The van der Waals surface area contributed by atoms with Crippen LogP contribution in [0.15, 0.2) is 121 Å². The van der Waals surface area contributed by atoms with Crippen molar-refractivity contribution in [2.75, 3.05) is 6.54 Å².